The fraction of sp³-hybridized carbons (Fsp3) is 0.182. The molecule has 0 radical (unpaired) electrons. The lowest BCUT2D eigenvalue weighted by Gasteiger charge is -2.35. The summed E-state index contributed by atoms with van der Waals surface area (Å²) in [5.74, 6) is 0. The molecular weight excluding hydrogens is 355 g/mol. The Bertz CT molecular complexity index is 890. The van der Waals surface area contributed by atoms with Crippen molar-refractivity contribution in [1.29, 1.82) is 0 Å². The van der Waals surface area contributed by atoms with Gasteiger partial charge in [-0.2, -0.15) is 0 Å². The van der Waals surface area contributed by atoms with E-state index in [1.54, 1.807) is 0 Å². The Hall–Kier alpha value is -2.05. The molecule has 0 aliphatic carbocycles. The van der Waals surface area contributed by atoms with E-state index in [0.717, 1.165) is 21.6 Å². The van der Waals surface area contributed by atoms with Gasteiger partial charge in [-0.15, -0.1) is 12.6 Å². The lowest BCUT2D eigenvalue weighted by molar-refractivity contribution is 0.0280. The molecular formula is C22H21BO3S. The average Bonchev–Trinajstić information content (AvgIpc) is 2.99. The Kier molecular flexibility index (Phi) is 5.37. The highest BCUT2D eigenvalue weighted by atomic mass is 32.1. The fourth-order valence-electron chi connectivity index (χ4n) is 3.79. The van der Waals surface area contributed by atoms with E-state index in [1.807, 2.05) is 60.7 Å². The molecule has 1 aliphatic heterocycles. The van der Waals surface area contributed by atoms with Crippen LogP contribution in [0.1, 0.15) is 16.7 Å². The SMILES string of the molecule is OB1OC(Cc2ccccc2)C(Cc2ccccc2)(c2ccccc2S)O1. The molecule has 1 heterocycles. The number of thiol groups is 1. The summed E-state index contributed by atoms with van der Waals surface area (Å²) >= 11 is 4.67. The molecule has 0 amide bonds. The smallest absolute Gasteiger partial charge is 0.402 e. The Labute approximate surface area is 165 Å². The van der Waals surface area contributed by atoms with E-state index in [2.05, 4.69) is 36.9 Å². The monoisotopic (exact) mass is 376 g/mol. The summed E-state index contributed by atoms with van der Waals surface area (Å²) in [5, 5.41) is 10.3. The molecule has 3 aromatic rings. The van der Waals surface area contributed by atoms with Gasteiger partial charge >= 0.3 is 7.32 Å². The molecule has 0 aromatic heterocycles. The first-order valence-electron chi connectivity index (χ1n) is 9.05. The molecule has 3 aromatic carbocycles. The van der Waals surface area contributed by atoms with Crippen molar-refractivity contribution in [2.75, 3.05) is 0 Å². The molecule has 2 atom stereocenters. The predicted molar refractivity (Wildman–Crippen MR) is 110 cm³/mol. The molecule has 1 saturated heterocycles. The second-order valence-electron chi connectivity index (χ2n) is 6.81. The molecule has 2 unspecified atom stereocenters. The van der Waals surface area contributed by atoms with Gasteiger partial charge in [0.2, 0.25) is 0 Å². The topological polar surface area (TPSA) is 38.7 Å². The van der Waals surface area contributed by atoms with Crippen LogP contribution in [-0.2, 0) is 27.8 Å². The minimum atomic E-state index is -1.27. The predicted octanol–water partition coefficient (Wildman–Crippen LogP) is 4.05. The van der Waals surface area contributed by atoms with Crippen LogP contribution >= 0.6 is 12.6 Å². The Morgan fingerprint density at radius 3 is 2.11 bits per heavy atom. The second-order valence-corrected chi connectivity index (χ2v) is 7.29. The maximum absolute atomic E-state index is 10.3. The van der Waals surface area contributed by atoms with E-state index >= 15 is 0 Å². The summed E-state index contributed by atoms with van der Waals surface area (Å²) in [5.41, 5.74) is 2.35. The zero-order chi connectivity index (χ0) is 18.7. The molecule has 1 aliphatic rings. The normalized spacial score (nSPS) is 22.1. The average molecular weight is 376 g/mol. The highest BCUT2D eigenvalue weighted by Crippen LogP contribution is 2.43. The lowest BCUT2D eigenvalue weighted by Crippen LogP contribution is -2.41. The molecule has 136 valence electrons. The Balaban J connectivity index is 1.79. The third-order valence-electron chi connectivity index (χ3n) is 5.05. The quantitative estimate of drug-likeness (QED) is 0.521. The molecule has 0 bridgehead atoms. The highest BCUT2D eigenvalue weighted by Gasteiger charge is 2.53. The molecule has 27 heavy (non-hydrogen) atoms. The number of hydrogen-bond acceptors (Lipinski definition) is 4. The van der Waals surface area contributed by atoms with Crippen LogP contribution in [0.25, 0.3) is 0 Å². The van der Waals surface area contributed by atoms with Crippen LogP contribution in [0.5, 0.6) is 0 Å². The van der Waals surface area contributed by atoms with Gasteiger partial charge in [-0.05, 0) is 22.8 Å². The van der Waals surface area contributed by atoms with Gasteiger partial charge in [0, 0.05) is 17.7 Å². The van der Waals surface area contributed by atoms with E-state index in [9.17, 15) is 5.02 Å². The Morgan fingerprint density at radius 1 is 0.852 bits per heavy atom. The molecule has 5 heteroatoms. The van der Waals surface area contributed by atoms with Crippen LogP contribution in [-0.4, -0.2) is 18.4 Å². The van der Waals surface area contributed by atoms with E-state index in [1.165, 1.54) is 0 Å². The number of benzene rings is 3. The zero-order valence-corrected chi connectivity index (χ0v) is 15.8. The van der Waals surface area contributed by atoms with Gasteiger partial charge in [-0.25, -0.2) is 0 Å². The third-order valence-corrected chi connectivity index (χ3v) is 5.44. The first kappa shape index (κ1) is 18.3. The summed E-state index contributed by atoms with van der Waals surface area (Å²) in [6.45, 7) is 0. The van der Waals surface area contributed by atoms with Crippen LogP contribution in [0, 0.1) is 0 Å². The van der Waals surface area contributed by atoms with Gasteiger partial charge in [0.1, 0.15) is 5.60 Å². The van der Waals surface area contributed by atoms with E-state index in [0.29, 0.717) is 12.8 Å². The van der Waals surface area contributed by atoms with Crippen molar-refractivity contribution in [2.45, 2.75) is 29.4 Å². The summed E-state index contributed by atoms with van der Waals surface area (Å²) in [4.78, 5) is 0.823. The van der Waals surface area contributed by atoms with Crippen molar-refractivity contribution >= 4 is 20.0 Å². The summed E-state index contributed by atoms with van der Waals surface area (Å²) < 4.78 is 12.0. The second kappa shape index (κ2) is 7.91. The number of hydrogen-bond donors (Lipinski definition) is 2. The van der Waals surface area contributed by atoms with Gasteiger partial charge in [-0.1, -0.05) is 78.9 Å². The summed E-state index contributed by atoms with van der Waals surface area (Å²) in [7, 11) is -1.27. The van der Waals surface area contributed by atoms with Crippen molar-refractivity contribution < 1.29 is 14.3 Å². The van der Waals surface area contributed by atoms with Crippen LogP contribution in [0.2, 0.25) is 0 Å². The van der Waals surface area contributed by atoms with E-state index in [4.69, 9.17) is 9.31 Å². The van der Waals surface area contributed by atoms with Gasteiger partial charge in [0.05, 0.1) is 6.10 Å². The highest BCUT2D eigenvalue weighted by molar-refractivity contribution is 7.80. The van der Waals surface area contributed by atoms with Crippen LogP contribution < -0.4 is 0 Å². The van der Waals surface area contributed by atoms with Gasteiger partial charge in [-0.3, -0.25) is 0 Å². The van der Waals surface area contributed by atoms with Gasteiger partial charge < -0.3 is 14.3 Å². The van der Waals surface area contributed by atoms with Crippen molar-refractivity contribution in [2.24, 2.45) is 0 Å². The summed E-state index contributed by atoms with van der Waals surface area (Å²) in [6, 6.07) is 28.1. The Morgan fingerprint density at radius 2 is 1.44 bits per heavy atom. The zero-order valence-electron chi connectivity index (χ0n) is 14.9. The number of rotatable bonds is 5. The largest absolute Gasteiger partial charge is 0.637 e. The third kappa shape index (κ3) is 3.82. The minimum absolute atomic E-state index is 0.344. The van der Waals surface area contributed by atoms with Crippen molar-refractivity contribution in [3.63, 3.8) is 0 Å². The van der Waals surface area contributed by atoms with E-state index < -0.39 is 12.9 Å². The van der Waals surface area contributed by atoms with Crippen molar-refractivity contribution in [3.8, 4) is 0 Å². The van der Waals surface area contributed by atoms with Crippen molar-refractivity contribution in [1.82, 2.24) is 0 Å². The summed E-state index contributed by atoms with van der Waals surface area (Å²) in [6.07, 6.45) is 0.871. The van der Waals surface area contributed by atoms with Crippen molar-refractivity contribution in [3.05, 3.63) is 102 Å². The fourth-order valence-corrected chi connectivity index (χ4v) is 4.14. The minimum Gasteiger partial charge on any atom is -0.402 e. The first-order chi connectivity index (χ1) is 13.2. The molecule has 1 fully saturated rings. The molecule has 1 N–H and O–H groups in total. The first-order valence-corrected chi connectivity index (χ1v) is 9.50. The molecule has 4 rings (SSSR count). The van der Waals surface area contributed by atoms with Crippen LogP contribution in [0.3, 0.4) is 0 Å². The van der Waals surface area contributed by atoms with Gasteiger partial charge in [0.15, 0.2) is 0 Å². The maximum Gasteiger partial charge on any atom is 0.637 e. The van der Waals surface area contributed by atoms with Gasteiger partial charge in [0.25, 0.3) is 0 Å². The molecule has 3 nitrogen and oxygen atoms in total. The van der Waals surface area contributed by atoms with E-state index in [-0.39, 0.29) is 6.10 Å². The van der Waals surface area contributed by atoms with Crippen LogP contribution in [0.15, 0.2) is 89.8 Å². The van der Waals surface area contributed by atoms with Crippen LogP contribution in [0.4, 0.5) is 0 Å². The standard InChI is InChI=1S/C22H21BO3S/c24-23-25-21(15-17-9-3-1-4-10-17)22(26-23,16-18-11-5-2-6-12-18)19-13-7-8-14-20(19)27/h1-14,21,24,27H,15-16H2. The lowest BCUT2D eigenvalue weighted by atomic mass is 9.80. The molecule has 0 spiro atoms. The maximum atomic E-state index is 10.3. The molecule has 0 saturated carbocycles.